The van der Waals surface area contributed by atoms with Crippen molar-refractivity contribution in [3.63, 3.8) is 0 Å². The molecule has 2 aromatic heterocycles. The third-order valence-electron chi connectivity index (χ3n) is 7.57. The zero-order chi connectivity index (χ0) is 28.6. The summed E-state index contributed by atoms with van der Waals surface area (Å²) < 4.78 is 1.21. The molecule has 204 valence electrons. The third kappa shape index (κ3) is 4.88. The SMILES string of the molecule is C1=CC(c2nc(-c3ccccc3)nc(-c3ccccc3)n2)NC(c2ccc3c(ccc4nc(-c5ccccc5)sc43)c2)=C1. The summed E-state index contributed by atoms with van der Waals surface area (Å²) in [6.07, 6.45) is 6.27. The lowest BCUT2D eigenvalue weighted by atomic mass is 10.0. The number of hydrogen-bond acceptors (Lipinski definition) is 6. The number of allylic oxidation sites excluding steroid dienone is 2. The predicted molar refractivity (Wildman–Crippen MR) is 176 cm³/mol. The van der Waals surface area contributed by atoms with Gasteiger partial charge in [-0.05, 0) is 29.2 Å². The van der Waals surface area contributed by atoms with E-state index in [1.165, 1.54) is 15.5 Å². The molecule has 6 heteroatoms. The maximum Gasteiger partial charge on any atom is 0.163 e. The van der Waals surface area contributed by atoms with Crippen molar-refractivity contribution in [2.24, 2.45) is 0 Å². The smallest absolute Gasteiger partial charge is 0.163 e. The molecule has 8 rings (SSSR count). The molecular weight excluding hydrogens is 547 g/mol. The summed E-state index contributed by atoms with van der Waals surface area (Å²) in [6, 6.07) is 41.2. The van der Waals surface area contributed by atoms with Crippen LogP contribution in [0.1, 0.15) is 17.4 Å². The molecule has 0 saturated heterocycles. The number of nitrogens with zero attached hydrogens (tertiary/aromatic N) is 4. The normalized spacial score (nSPS) is 14.5. The molecule has 5 aromatic carbocycles. The quantitative estimate of drug-likeness (QED) is 0.224. The number of dihydropyridines is 1. The predicted octanol–water partition coefficient (Wildman–Crippen LogP) is 8.88. The van der Waals surface area contributed by atoms with Crippen LogP contribution in [-0.4, -0.2) is 19.9 Å². The fourth-order valence-electron chi connectivity index (χ4n) is 5.41. The van der Waals surface area contributed by atoms with Gasteiger partial charge in [0, 0.05) is 27.8 Å². The van der Waals surface area contributed by atoms with E-state index < -0.39 is 0 Å². The molecule has 1 aliphatic heterocycles. The molecule has 0 spiro atoms. The fraction of sp³-hybridized carbons (Fsp3) is 0.0270. The molecule has 0 amide bonds. The van der Waals surface area contributed by atoms with Crippen LogP contribution in [0.25, 0.3) is 60.0 Å². The molecule has 1 N–H and O–H groups in total. The average molecular weight is 572 g/mol. The maximum absolute atomic E-state index is 4.92. The van der Waals surface area contributed by atoms with E-state index in [4.69, 9.17) is 19.9 Å². The van der Waals surface area contributed by atoms with E-state index in [2.05, 4.69) is 78.1 Å². The molecule has 0 radical (unpaired) electrons. The van der Waals surface area contributed by atoms with Crippen molar-refractivity contribution in [3.8, 4) is 33.3 Å². The first-order valence-corrected chi connectivity index (χ1v) is 15.0. The van der Waals surface area contributed by atoms with Crippen molar-refractivity contribution in [2.75, 3.05) is 0 Å². The van der Waals surface area contributed by atoms with Gasteiger partial charge in [0.2, 0.25) is 0 Å². The van der Waals surface area contributed by atoms with Gasteiger partial charge in [-0.25, -0.2) is 19.9 Å². The Balaban J connectivity index is 1.14. The zero-order valence-corrected chi connectivity index (χ0v) is 23.9. The highest BCUT2D eigenvalue weighted by molar-refractivity contribution is 7.22. The van der Waals surface area contributed by atoms with E-state index >= 15 is 0 Å². The molecule has 1 unspecified atom stereocenters. The highest BCUT2D eigenvalue weighted by Gasteiger charge is 2.20. The first-order valence-electron chi connectivity index (χ1n) is 14.2. The lowest BCUT2D eigenvalue weighted by Crippen LogP contribution is -2.23. The minimum absolute atomic E-state index is 0.207. The number of nitrogens with one attached hydrogen (secondary N) is 1. The number of aromatic nitrogens is 4. The van der Waals surface area contributed by atoms with Crippen molar-refractivity contribution < 1.29 is 0 Å². The summed E-state index contributed by atoms with van der Waals surface area (Å²) in [5.41, 5.74) is 6.21. The van der Waals surface area contributed by atoms with Crippen LogP contribution in [0.3, 0.4) is 0 Å². The Hall–Kier alpha value is -5.46. The molecule has 0 fully saturated rings. The standard InChI is InChI=1S/C37H25N5S/c1-4-11-24(12-5-1)34-40-35(25-13-6-2-7-14-25)42-36(41-34)32-18-10-17-30(38-32)28-19-21-29-27(23-28)20-22-31-33(29)43-37(39-31)26-15-8-3-9-16-26/h1-23,32,38H. The Morgan fingerprint density at radius 1 is 0.581 bits per heavy atom. The molecule has 7 aromatic rings. The number of hydrogen-bond donors (Lipinski definition) is 1. The molecular formula is C37H25N5S. The van der Waals surface area contributed by atoms with Crippen LogP contribution in [0.5, 0.6) is 0 Å². The van der Waals surface area contributed by atoms with E-state index in [1.807, 2.05) is 66.7 Å². The highest BCUT2D eigenvalue weighted by atomic mass is 32.1. The van der Waals surface area contributed by atoms with E-state index in [-0.39, 0.29) is 6.04 Å². The van der Waals surface area contributed by atoms with E-state index in [0.717, 1.165) is 38.5 Å². The van der Waals surface area contributed by atoms with Crippen LogP contribution in [0, 0.1) is 0 Å². The summed E-state index contributed by atoms with van der Waals surface area (Å²) in [7, 11) is 0. The van der Waals surface area contributed by atoms with Crippen LogP contribution >= 0.6 is 11.3 Å². The van der Waals surface area contributed by atoms with Gasteiger partial charge >= 0.3 is 0 Å². The van der Waals surface area contributed by atoms with Crippen molar-refractivity contribution in [3.05, 3.63) is 151 Å². The Morgan fingerprint density at radius 3 is 1.91 bits per heavy atom. The zero-order valence-electron chi connectivity index (χ0n) is 23.1. The summed E-state index contributed by atoms with van der Waals surface area (Å²) >= 11 is 1.74. The van der Waals surface area contributed by atoms with Gasteiger partial charge < -0.3 is 5.32 Å². The largest absolute Gasteiger partial charge is 0.371 e. The summed E-state index contributed by atoms with van der Waals surface area (Å²) in [5.74, 6) is 1.99. The van der Waals surface area contributed by atoms with Crippen LogP contribution in [0.2, 0.25) is 0 Å². The first kappa shape index (κ1) is 25.3. The van der Waals surface area contributed by atoms with Crippen LogP contribution in [0.4, 0.5) is 0 Å². The minimum Gasteiger partial charge on any atom is -0.371 e. The number of benzene rings is 5. The molecule has 0 bridgehead atoms. The van der Waals surface area contributed by atoms with Gasteiger partial charge in [-0.3, -0.25) is 0 Å². The number of thiazole rings is 1. The van der Waals surface area contributed by atoms with Crippen molar-refractivity contribution in [1.29, 1.82) is 0 Å². The van der Waals surface area contributed by atoms with Gasteiger partial charge in [0.05, 0.1) is 10.2 Å². The second-order valence-electron chi connectivity index (χ2n) is 10.4. The second kappa shape index (κ2) is 10.7. The summed E-state index contributed by atoms with van der Waals surface area (Å²) in [6.45, 7) is 0. The van der Waals surface area contributed by atoms with Gasteiger partial charge in [-0.15, -0.1) is 11.3 Å². The minimum atomic E-state index is -0.207. The Bertz CT molecular complexity index is 2090. The van der Waals surface area contributed by atoms with E-state index in [0.29, 0.717) is 17.5 Å². The molecule has 3 heterocycles. The Labute approximate surface area is 253 Å². The number of fused-ring (bicyclic) bond motifs is 3. The Kier molecular flexibility index (Phi) is 6.31. The van der Waals surface area contributed by atoms with Gasteiger partial charge in [-0.2, -0.15) is 0 Å². The fourth-order valence-corrected chi connectivity index (χ4v) is 6.51. The average Bonchev–Trinajstić information content (AvgIpc) is 3.54. The van der Waals surface area contributed by atoms with Crippen molar-refractivity contribution >= 4 is 38.0 Å². The van der Waals surface area contributed by atoms with Gasteiger partial charge in [0.15, 0.2) is 17.5 Å². The lowest BCUT2D eigenvalue weighted by Gasteiger charge is -2.22. The van der Waals surface area contributed by atoms with Gasteiger partial charge in [-0.1, -0.05) is 121 Å². The lowest BCUT2D eigenvalue weighted by molar-refractivity contribution is 0.700. The maximum atomic E-state index is 4.92. The van der Waals surface area contributed by atoms with Gasteiger partial charge in [0.25, 0.3) is 0 Å². The molecule has 43 heavy (non-hydrogen) atoms. The molecule has 0 aliphatic carbocycles. The topological polar surface area (TPSA) is 63.6 Å². The van der Waals surface area contributed by atoms with Crippen molar-refractivity contribution in [1.82, 2.24) is 25.3 Å². The van der Waals surface area contributed by atoms with Crippen LogP contribution in [0.15, 0.2) is 140 Å². The van der Waals surface area contributed by atoms with Crippen LogP contribution < -0.4 is 5.32 Å². The molecule has 1 aliphatic rings. The molecule has 0 saturated carbocycles. The number of rotatable bonds is 5. The second-order valence-corrected chi connectivity index (χ2v) is 11.4. The Morgan fingerprint density at radius 2 is 1.23 bits per heavy atom. The monoisotopic (exact) mass is 571 g/mol. The highest BCUT2D eigenvalue weighted by Crippen LogP contribution is 2.36. The van der Waals surface area contributed by atoms with E-state index in [9.17, 15) is 0 Å². The first-order chi connectivity index (χ1) is 21.3. The van der Waals surface area contributed by atoms with Crippen molar-refractivity contribution in [2.45, 2.75) is 6.04 Å². The van der Waals surface area contributed by atoms with E-state index in [1.54, 1.807) is 11.3 Å². The van der Waals surface area contributed by atoms with Gasteiger partial charge in [0.1, 0.15) is 11.0 Å². The molecule has 1 atom stereocenters. The van der Waals surface area contributed by atoms with Crippen LogP contribution in [-0.2, 0) is 0 Å². The third-order valence-corrected chi connectivity index (χ3v) is 8.73. The summed E-state index contributed by atoms with van der Waals surface area (Å²) in [5, 5.41) is 7.11. The molecule has 5 nitrogen and oxygen atoms in total. The summed E-state index contributed by atoms with van der Waals surface area (Å²) in [4.78, 5) is 19.6.